The molecule has 0 radical (unpaired) electrons. The fourth-order valence-corrected chi connectivity index (χ4v) is 2.94. The predicted molar refractivity (Wildman–Crippen MR) is 103 cm³/mol. The van der Waals surface area contributed by atoms with Crippen molar-refractivity contribution in [3.8, 4) is 0 Å². The van der Waals surface area contributed by atoms with E-state index >= 15 is 0 Å². The molecule has 0 saturated heterocycles. The summed E-state index contributed by atoms with van der Waals surface area (Å²) in [5.74, 6) is 0. The van der Waals surface area contributed by atoms with E-state index in [-0.39, 0.29) is 13.2 Å². The molecular weight excluding hydrogens is 348 g/mol. The van der Waals surface area contributed by atoms with Crippen molar-refractivity contribution in [1.29, 1.82) is 0 Å². The highest BCUT2D eigenvalue weighted by atomic mass is 16.5. The van der Waals surface area contributed by atoms with E-state index in [0.29, 0.717) is 17.8 Å². The lowest BCUT2D eigenvalue weighted by molar-refractivity contribution is -0.126. The highest BCUT2D eigenvalue weighted by Gasteiger charge is 2.28. The van der Waals surface area contributed by atoms with Crippen molar-refractivity contribution < 1.29 is 23.4 Å². The molecule has 0 bridgehead atoms. The van der Waals surface area contributed by atoms with Crippen LogP contribution in [0.25, 0.3) is 21.9 Å². The van der Waals surface area contributed by atoms with Crippen LogP contribution in [0.3, 0.4) is 0 Å². The Hall–Kier alpha value is -2.15. The Labute approximate surface area is 157 Å². The monoisotopic (exact) mass is 374 g/mol. The molecule has 0 saturated carbocycles. The Morgan fingerprint density at radius 2 is 1.96 bits per heavy atom. The molecule has 1 N–H and O–H groups in total. The van der Waals surface area contributed by atoms with Gasteiger partial charge >= 0.3 is 5.63 Å². The minimum Gasteiger partial charge on any atom is -0.464 e. The van der Waals surface area contributed by atoms with Gasteiger partial charge in [0.1, 0.15) is 17.3 Å². The molecule has 2 heterocycles. The average molecular weight is 374 g/mol. The second-order valence-corrected chi connectivity index (χ2v) is 7.19. The molecule has 0 aliphatic carbocycles. The van der Waals surface area contributed by atoms with E-state index in [1.807, 2.05) is 19.9 Å². The van der Waals surface area contributed by atoms with E-state index in [9.17, 15) is 9.90 Å². The van der Waals surface area contributed by atoms with E-state index in [2.05, 4.69) is 6.92 Å². The summed E-state index contributed by atoms with van der Waals surface area (Å²) in [6.07, 6.45) is 2.82. The zero-order valence-corrected chi connectivity index (χ0v) is 16.0. The number of benzene rings is 1. The van der Waals surface area contributed by atoms with Crippen molar-refractivity contribution in [2.24, 2.45) is 0 Å². The Bertz CT molecular complexity index is 952. The summed E-state index contributed by atoms with van der Waals surface area (Å²) in [5, 5.41) is 12.1. The van der Waals surface area contributed by atoms with E-state index in [0.717, 1.165) is 29.2 Å². The molecule has 3 aromatic rings. The van der Waals surface area contributed by atoms with Crippen LogP contribution in [-0.4, -0.2) is 30.0 Å². The summed E-state index contributed by atoms with van der Waals surface area (Å²) in [4.78, 5) is 11.5. The molecule has 146 valence electrons. The predicted octanol–water partition coefficient (Wildman–Crippen LogP) is 4.01. The van der Waals surface area contributed by atoms with Gasteiger partial charge in [-0.15, -0.1) is 0 Å². The number of rotatable bonds is 9. The average Bonchev–Trinajstić information content (AvgIpc) is 3.09. The van der Waals surface area contributed by atoms with Crippen LogP contribution in [0, 0.1) is 0 Å². The van der Waals surface area contributed by atoms with Gasteiger partial charge < -0.3 is 23.4 Å². The van der Waals surface area contributed by atoms with E-state index in [1.165, 1.54) is 6.07 Å². The molecule has 0 amide bonds. The van der Waals surface area contributed by atoms with Crippen LogP contribution in [0.4, 0.5) is 0 Å². The van der Waals surface area contributed by atoms with Gasteiger partial charge in [0.25, 0.3) is 0 Å². The number of furan rings is 1. The quantitative estimate of drug-likeness (QED) is 0.450. The smallest absolute Gasteiger partial charge is 0.336 e. The second kappa shape index (κ2) is 8.25. The van der Waals surface area contributed by atoms with Gasteiger partial charge in [0.2, 0.25) is 0 Å². The molecule has 27 heavy (non-hydrogen) atoms. The fraction of sp³-hybridized carbons (Fsp3) is 0.476. The molecule has 0 fully saturated rings. The summed E-state index contributed by atoms with van der Waals surface area (Å²) >= 11 is 0. The Morgan fingerprint density at radius 3 is 2.74 bits per heavy atom. The normalized spacial score (nSPS) is 13.5. The maximum atomic E-state index is 11.5. The van der Waals surface area contributed by atoms with Gasteiger partial charge in [0.05, 0.1) is 25.1 Å². The lowest BCUT2D eigenvalue weighted by Crippen LogP contribution is -2.42. The van der Waals surface area contributed by atoms with Crippen molar-refractivity contribution >= 4 is 21.9 Å². The van der Waals surface area contributed by atoms with Crippen molar-refractivity contribution in [3.63, 3.8) is 0 Å². The first-order valence-corrected chi connectivity index (χ1v) is 9.25. The Balaban J connectivity index is 1.74. The summed E-state index contributed by atoms with van der Waals surface area (Å²) in [5.41, 5.74) is 0.830. The molecule has 0 spiro atoms. The highest BCUT2D eigenvalue weighted by molar-refractivity contribution is 5.97. The van der Waals surface area contributed by atoms with Gasteiger partial charge in [0.15, 0.2) is 0 Å². The third-order valence-electron chi connectivity index (χ3n) is 4.77. The lowest BCUT2D eigenvalue weighted by Gasteiger charge is -2.30. The van der Waals surface area contributed by atoms with Gasteiger partial charge in [-0.2, -0.15) is 0 Å². The van der Waals surface area contributed by atoms with Gasteiger partial charge in [0, 0.05) is 29.5 Å². The van der Waals surface area contributed by atoms with Gasteiger partial charge in [-0.05, 0) is 38.0 Å². The van der Waals surface area contributed by atoms with Crippen LogP contribution >= 0.6 is 0 Å². The standard InChI is InChI=1S/C21H26O6/c1-4-5-9-26-21(2,3)19(22)13-24-12-16-14-6-7-20(23)27-18(14)11-17-15(16)8-10-25-17/h6-8,10-11,19,22H,4-5,9,12-13H2,1-3H3. The molecule has 6 nitrogen and oxygen atoms in total. The minimum absolute atomic E-state index is 0.131. The molecule has 2 aromatic heterocycles. The molecule has 0 aliphatic heterocycles. The number of fused-ring (bicyclic) bond motifs is 2. The lowest BCUT2D eigenvalue weighted by atomic mass is 10.0. The fourth-order valence-electron chi connectivity index (χ4n) is 2.94. The molecule has 1 atom stereocenters. The first kappa shape index (κ1) is 19.6. The Kier molecular flexibility index (Phi) is 5.99. The molecule has 1 aromatic carbocycles. The van der Waals surface area contributed by atoms with Crippen LogP contribution in [0.5, 0.6) is 0 Å². The number of aliphatic hydroxyl groups excluding tert-OH is 1. The van der Waals surface area contributed by atoms with Crippen LogP contribution in [-0.2, 0) is 16.1 Å². The molecule has 6 heteroatoms. The first-order chi connectivity index (χ1) is 12.9. The van der Waals surface area contributed by atoms with Gasteiger partial charge in [-0.25, -0.2) is 4.79 Å². The number of unbranched alkanes of at least 4 members (excludes halogenated alkanes) is 1. The number of hydrogen-bond acceptors (Lipinski definition) is 6. The van der Waals surface area contributed by atoms with Crippen molar-refractivity contribution in [2.75, 3.05) is 13.2 Å². The van der Waals surface area contributed by atoms with Crippen molar-refractivity contribution in [1.82, 2.24) is 0 Å². The third kappa shape index (κ3) is 4.40. The zero-order valence-electron chi connectivity index (χ0n) is 16.0. The van der Waals surface area contributed by atoms with Crippen LogP contribution < -0.4 is 5.63 Å². The molecule has 0 aliphatic rings. The summed E-state index contributed by atoms with van der Waals surface area (Å²) in [7, 11) is 0. The zero-order chi connectivity index (χ0) is 19.4. The largest absolute Gasteiger partial charge is 0.464 e. The van der Waals surface area contributed by atoms with E-state index < -0.39 is 17.3 Å². The van der Waals surface area contributed by atoms with Crippen molar-refractivity contribution in [2.45, 2.75) is 51.9 Å². The molecule has 1 unspecified atom stereocenters. The summed E-state index contributed by atoms with van der Waals surface area (Å²) in [6, 6.07) is 6.67. The van der Waals surface area contributed by atoms with E-state index in [1.54, 1.807) is 18.4 Å². The minimum atomic E-state index is -0.762. The molecule has 3 rings (SSSR count). The number of hydrogen-bond donors (Lipinski definition) is 1. The van der Waals surface area contributed by atoms with E-state index in [4.69, 9.17) is 18.3 Å². The number of aliphatic hydroxyl groups is 1. The van der Waals surface area contributed by atoms with Crippen LogP contribution in [0.2, 0.25) is 0 Å². The van der Waals surface area contributed by atoms with Crippen LogP contribution in [0.15, 0.2) is 44.2 Å². The summed E-state index contributed by atoms with van der Waals surface area (Å²) < 4.78 is 22.3. The number of ether oxygens (including phenoxy) is 2. The molecular formula is C21H26O6. The van der Waals surface area contributed by atoms with Crippen LogP contribution in [0.1, 0.15) is 39.2 Å². The SMILES string of the molecule is CCCCOC(C)(C)C(O)COCc1c2ccoc2cc2oc(=O)ccc12. The third-order valence-corrected chi connectivity index (χ3v) is 4.77. The summed E-state index contributed by atoms with van der Waals surface area (Å²) in [6.45, 7) is 6.81. The maximum absolute atomic E-state index is 11.5. The second-order valence-electron chi connectivity index (χ2n) is 7.19. The topological polar surface area (TPSA) is 82.0 Å². The Morgan fingerprint density at radius 1 is 1.19 bits per heavy atom. The van der Waals surface area contributed by atoms with Gasteiger partial charge in [-0.1, -0.05) is 13.3 Å². The highest BCUT2D eigenvalue weighted by Crippen LogP contribution is 2.29. The van der Waals surface area contributed by atoms with Crippen molar-refractivity contribution in [3.05, 3.63) is 46.5 Å². The maximum Gasteiger partial charge on any atom is 0.336 e. The first-order valence-electron chi connectivity index (χ1n) is 9.25. The van der Waals surface area contributed by atoms with Gasteiger partial charge in [-0.3, -0.25) is 0 Å².